The van der Waals surface area contributed by atoms with Crippen molar-refractivity contribution < 1.29 is 17.2 Å². The predicted molar refractivity (Wildman–Crippen MR) is 62.1 cm³/mol. The molecule has 1 aromatic rings. The lowest BCUT2D eigenvalue weighted by molar-refractivity contribution is 0.524. The third kappa shape index (κ3) is 2.38. The maximum absolute atomic E-state index is 13.9. The second-order valence-corrected chi connectivity index (χ2v) is 6.17. The highest BCUT2D eigenvalue weighted by molar-refractivity contribution is 7.89. The maximum Gasteiger partial charge on any atom is 0.243 e. The van der Waals surface area contributed by atoms with Gasteiger partial charge >= 0.3 is 0 Å². The van der Waals surface area contributed by atoms with Gasteiger partial charge in [0, 0.05) is 18.2 Å². The molecule has 1 aliphatic rings. The number of benzene rings is 1. The van der Waals surface area contributed by atoms with Crippen molar-refractivity contribution in [2.45, 2.75) is 30.8 Å². The fraction of sp³-hybridized carbons (Fsp3) is 0.455. The molecule has 2 atom stereocenters. The molecule has 0 aliphatic heterocycles. The van der Waals surface area contributed by atoms with Crippen LogP contribution >= 0.6 is 0 Å². The van der Waals surface area contributed by atoms with E-state index in [-0.39, 0.29) is 18.5 Å². The lowest BCUT2D eigenvalue weighted by Gasteiger charge is -2.10. The monoisotopic (exact) mass is 276 g/mol. The van der Waals surface area contributed by atoms with Gasteiger partial charge in [0.15, 0.2) is 5.82 Å². The van der Waals surface area contributed by atoms with E-state index in [1.807, 2.05) is 6.92 Å². The fourth-order valence-corrected chi connectivity index (χ4v) is 3.18. The Morgan fingerprint density at radius 3 is 2.56 bits per heavy atom. The maximum atomic E-state index is 13.9. The van der Waals surface area contributed by atoms with E-state index in [0.717, 1.165) is 18.6 Å². The van der Waals surface area contributed by atoms with Crippen LogP contribution in [-0.2, 0) is 16.6 Å². The molecule has 4 nitrogen and oxygen atoms in total. The van der Waals surface area contributed by atoms with Gasteiger partial charge in [0.25, 0.3) is 0 Å². The highest BCUT2D eigenvalue weighted by atomic mass is 32.2. The van der Waals surface area contributed by atoms with Crippen molar-refractivity contribution in [3.05, 3.63) is 29.3 Å². The number of nitrogens with two attached hydrogens (primary N) is 1. The minimum absolute atomic E-state index is 0.166. The van der Waals surface area contributed by atoms with Gasteiger partial charge in [-0.25, -0.2) is 21.9 Å². The van der Waals surface area contributed by atoms with Crippen LogP contribution in [0.15, 0.2) is 17.0 Å². The molecule has 2 unspecified atom stereocenters. The van der Waals surface area contributed by atoms with Crippen LogP contribution in [0.5, 0.6) is 0 Å². The molecule has 1 fully saturated rings. The van der Waals surface area contributed by atoms with Crippen LogP contribution in [0.1, 0.15) is 18.9 Å². The van der Waals surface area contributed by atoms with Crippen LogP contribution in [0, 0.1) is 17.6 Å². The first kappa shape index (κ1) is 13.4. The Hall–Kier alpha value is -1.05. The first-order chi connectivity index (χ1) is 8.36. The van der Waals surface area contributed by atoms with Gasteiger partial charge in [0.1, 0.15) is 10.7 Å². The molecular formula is C11H14F2N2O2S. The van der Waals surface area contributed by atoms with Crippen LogP contribution in [0.2, 0.25) is 0 Å². The van der Waals surface area contributed by atoms with Crippen molar-refractivity contribution in [3.63, 3.8) is 0 Å². The quantitative estimate of drug-likeness (QED) is 0.865. The summed E-state index contributed by atoms with van der Waals surface area (Å²) in [5, 5.41) is 0. The minimum Gasteiger partial charge on any atom is -0.326 e. The standard InChI is InChI=1S/C11H14F2N2O2S/c1-6-4-9(6)15-18(16,17)10-3-2-8(12)7(5-14)11(10)13/h2-3,6,9,15H,4-5,14H2,1H3. The molecule has 0 radical (unpaired) electrons. The first-order valence-corrected chi connectivity index (χ1v) is 7.04. The van der Waals surface area contributed by atoms with Gasteiger partial charge in [-0.1, -0.05) is 6.92 Å². The van der Waals surface area contributed by atoms with E-state index < -0.39 is 32.1 Å². The van der Waals surface area contributed by atoms with Gasteiger partial charge < -0.3 is 5.73 Å². The average Bonchev–Trinajstić information content (AvgIpc) is 2.93. The Kier molecular flexibility index (Phi) is 3.39. The number of nitrogens with one attached hydrogen (secondary N) is 1. The normalized spacial score (nSPS) is 23.1. The zero-order valence-electron chi connectivity index (χ0n) is 9.78. The number of hydrogen-bond donors (Lipinski definition) is 2. The lowest BCUT2D eigenvalue weighted by atomic mass is 10.2. The second kappa shape index (κ2) is 4.56. The summed E-state index contributed by atoms with van der Waals surface area (Å²) >= 11 is 0. The first-order valence-electron chi connectivity index (χ1n) is 5.56. The van der Waals surface area contributed by atoms with Gasteiger partial charge in [-0.2, -0.15) is 0 Å². The van der Waals surface area contributed by atoms with Crippen molar-refractivity contribution in [2.75, 3.05) is 0 Å². The van der Waals surface area contributed by atoms with Gasteiger partial charge in [-0.15, -0.1) is 0 Å². The number of sulfonamides is 1. The second-order valence-electron chi connectivity index (χ2n) is 4.48. The van der Waals surface area contributed by atoms with Crippen LogP contribution in [-0.4, -0.2) is 14.5 Å². The van der Waals surface area contributed by atoms with E-state index in [1.165, 1.54) is 0 Å². The Bertz CT molecular complexity index is 575. The summed E-state index contributed by atoms with van der Waals surface area (Å²) in [6.07, 6.45) is 0.728. The molecule has 1 saturated carbocycles. The van der Waals surface area contributed by atoms with E-state index in [2.05, 4.69) is 4.72 Å². The van der Waals surface area contributed by atoms with Gasteiger partial charge in [-0.3, -0.25) is 0 Å². The van der Waals surface area contributed by atoms with E-state index in [1.54, 1.807) is 0 Å². The van der Waals surface area contributed by atoms with Gasteiger partial charge in [-0.05, 0) is 24.5 Å². The molecule has 0 bridgehead atoms. The summed E-state index contributed by atoms with van der Waals surface area (Å²) in [5.41, 5.74) is 4.79. The van der Waals surface area contributed by atoms with Crippen LogP contribution < -0.4 is 10.5 Å². The molecule has 0 saturated heterocycles. The van der Waals surface area contributed by atoms with E-state index in [0.29, 0.717) is 0 Å². The highest BCUT2D eigenvalue weighted by Gasteiger charge is 2.37. The fourth-order valence-electron chi connectivity index (χ4n) is 1.72. The van der Waals surface area contributed by atoms with Crippen molar-refractivity contribution >= 4 is 10.0 Å². The zero-order valence-corrected chi connectivity index (χ0v) is 10.6. The third-order valence-electron chi connectivity index (χ3n) is 3.06. The number of rotatable bonds is 4. The van der Waals surface area contributed by atoms with E-state index >= 15 is 0 Å². The average molecular weight is 276 g/mol. The largest absolute Gasteiger partial charge is 0.326 e. The van der Waals surface area contributed by atoms with E-state index in [9.17, 15) is 17.2 Å². The van der Waals surface area contributed by atoms with Crippen molar-refractivity contribution in [1.82, 2.24) is 4.72 Å². The third-order valence-corrected chi connectivity index (χ3v) is 4.57. The molecule has 1 aliphatic carbocycles. The number of hydrogen-bond acceptors (Lipinski definition) is 3. The highest BCUT2D eigenvalue weighted by Crippen LogP contribution is 2.31. The summed E-state index contributed by atoms with van der Waals surface area (Å²) in [4.78, 5) is -0.552. The molecular weight excluding hydrogens is 262 g/mol. The van der Waals surface area contributed by atoms with Crippen LogP contribution in [0.3, 0.4) is 0 Å². The van der Waals surface area contributed by atoms with Crippen LogP contribution in [0.4, 0.5) is 8.78 Å². The van der Waals surface area contributed by atoms with Crippen LogP contribution in [0.25, 0.3) is 0 Å². The Morgan fingerprint density at radius 1 is 1.44 bits per heavy atom. The Labute approximate surface area is 104 Å². The molecule has 18 heavy (non-hydrogen) atoms. The molecule has 0 aromatic heterocycles. The number of halogens is 2. The van der Waals surface area contributed by atoms with Gasteiger partial charge in [0.05, 0.1) is 0 Å². The Morgan fingerprint density at radius 2 is 2.06 bits per heavy atom. The molecule has 2 rings (SSSR count). The van der Waals surface area contributed by atoms with Crippen molar-refractivity contribution in [2.24, 2.45) is 11.7 Å². The summed E-state index contributed by atoms with van der Waals surface area (Å²) in [6.45, 7) is 1.50. The van der Waals surface area contributed by atoms with Gasteiger partial charge in [0.2, 0.25) is 10.0 Å². The smallest absolute Gasteiger partial charge is 0.243 e. The molecule has 1 aromatic carbocycles. The summed E-state index contributed by atoms with van der Waals surface area (Å²) < 4.78 is 53.3. The minimum atomic E-state index is -3.96. The Balaban J connectivity index is 2.38. The molecule has 0 amide bonds. The van der Waals surface area contributed by atoms with Crippen molar-refractivity contribution in [3.8, 4) is 0 Å². The molecule has 0 heterocycles. The van der Waals surface area contributed by atoms with E-state index in [4.69, 9.17) is 5.73 Å². The molecule has 100 valence electrons. The summed E-state index contributed by atoms with van der Waals surface area (Å²) in [5.74, 6) is -1.70. The predicted octanol–water partition coefficient (Wildman–Crippen LogP) is 1.11. The molecule has 0 spiro atoms. The lowest BCUT2D eigenvalue weighted by Crippen LogP contribution is -2.28. The summed E-state index contributed by atoms with van der Waals surface area (Å²) in [6, 6.07) is 1.66. The molecule has 3 N–H and O–H groups in total. The molecule has 7 heteroatoms. The van der Waals surface area contributed by atoms with Crippen molar-refractivity contribution in [1.29, 1.82) is 0 Å². The topological polar surface area (TPSA) is 72.2 Å². The SMILES string of the molecule is CC1CC1NS(=O)(=O)c1ccc(F)c(CN)c1F. The zero-order chi connectivity index (χ0) is 13.5. The summed E-state index contributed by atoms with van der Waals surface area (Å²) in [7, 11) is -3.96.